The maximum absolute atomic E-state index is 11.9. The molecule has 100 valence electrons. The highest BCUT2D eigenvalue weighted by molar-refractivity contribution is 6.04. The number of benzene rings is 1. The van der Waals surface area contributed by atoms with Gasteiger partial charge in [0.25, 0.3) is 5.91 Å². The van der Waals surface area contributed by atoms with Crippen molar-refractivity contribution in [2.75, 3.05) is 5.32 Å². The summed E-state index contributed by atoms with van der Waals surface area (Å²) in [6.45, 7) is 0. The summed E-state index contributed by atoms with van der Waals surface area (Å²) in [6.07, 6.45) is 2.78. The van der Waals surface area contributed by atoms with Crippen LogP contribution in [0.2, 0.25) is 0 Å². The minimum Gasteiger partial charge on any atom is -0.408 e. The van der Waals surface area contributed by atoms with Gasteiger partial charge in [0.2, 0.25) is 0 Å². The van der Waals surface area contributed by atoms with Crippen molar-refractivity contribution >= 4 is 22.7 Å². The van der Waals surface area contributed by atoms with Crippen molar-refractivity contribution < 1.29 is 9.21 Å². The minimum absolute atomic E-state index is 0.00767. The van der Waals surface area contributed by atoms with Gasteiger partial charge < -0.3 is 14.7 Å². The lowest BCUT2D eigenvalue weighted by molar-refractivity contribution is 0.102. The van der Waals surface area contributed by atoms with E-state index in [0.717, 1.165) is 0 Å². The lowest BCUT2D eigenvalue weighted by atomic mass is 10.2. The maximum Gasteiger partial charge on any atom is 0.417 e. The molecule has 1 amide bonds. The summed E-state index contributed by atoms with van der Waals surface area (Å²) < 4.78 is 4.85. The fraction of sp³-hybridized carbons (Fsp3) is 0. The molecule has 7 nitrogen and oxygen atoms in total. The van der Waals surface area contributed by atoms with Crippen molar-refractivity contribution in [2.45, 2.75) is 0 Å². The summed E-state index contributed by atoms with van der Waals surface area (Å²) in [7, 11) is 0. The van der Waals surface area contributed by atoms with Gasteiger partial charge in [-0.15, -0.1) is 0 Å². The van der Waals surface area contributed by atoms with Gasteiger partial charge in [-0.3, -0.25) is 14.6 Å². The van der Waals surface area contributed by atoms with Gasteiger partial charge in [0.15, 0.2) is 11.0 Å². The van der Waals surface area contributed by atoms with E-state index in [-0.39, 0.29) is 11.0 Å². The Morgan fingerprint density at radius 2 is 2.05 bits per heavy atom. The smallest absolute Gasteiger partial charge is 0.408 e. The highest BCUT2D eigenvalue weighted by Gasteiger charge is 2.10. The van der Waals surface area contributed by atoms with Crippen molar-refractivity contribution in [1.82, 2.24) is 9.97 Å². The predicted molar refractivity (Wildman–Crippen MR) is 71.9 cm³/mol. The van der Waals surface area contributed by atoms with Crippen LogP contribution in [0, 0.1) is 0 Å². The van der Waals surface area contributed by atoms with Crippen LogP contribution in [-0.4, -0.2) is 15.9 Å². The molecule has 2 aromatic heterocycles. The second-order valence-corrected chi connectivity index (χ2v) is 4.10. The molecule has 20 heavy (non-hydrogen) atoms. The van der Waals surface area contributed by atoms with Crippen molar-refractivity contribution in [1.29, 1.82) is 0 Å². The Balaban J connectivity index is 1.93. The molecule has 3 N–H and O–H groups in total. The van der Waals surface area contributed by atoms with Crippen LogP contribution in [0.3, 0.4) is 0 Å². The van der Waals surface area contributed by atoms with E-state index >= 15 is 0 Å². The van der Waals surface area contributed by atoms with Crippen molar-refractivity contribution in [3.63, 3.8) is 0 Å². The number of pyridine rings is 1. The number of carbonyl (C=O) groups excluding carboxylic acids is 1. The standard InChI is InChI=1S/C13H9N3O4/c17-10-3-4-14-6-8(10)12(18)15-7-1-2-11-9(5-7)16-13(19)20-11/h1-6H,(H,14,17)(H,15,18)(H,16,19). The van der Waals surface area contributed by atoms with Gasteiger partial charge in [0.05, 0.1) is 5.52 Å². The number of hydrogen-bond acceptors (Lipinski definition) is 4. The first-order chi connectivity index (χ1) is 9.63. The van der Waals surface area contributed by atoms with E-state index in [1.165, 1.54) is 18.5 Å². The molecule has 3 aromatic rings. The zero-order chi connectivity index (χ0) is 14.1. The summed E-state index contributed by atoms with van der Waals surface area (Å²) in [6, 6.07) is 5.95. The molecule has 1 aromatic carbocycles. The fourth-order valence-electron chi connectivity index (χ4n) is 1.82. The zero-order valence-corrected chi connectivity index (χ0v) is 10.1. The third-order valence-electron chi connectivity index (χ3n) is 2.75. The quantitative estimate of drug-likeness (QED) is 0.647. The van der Waals surface area contributed by atoms with Crippen LogP contribution in [0.15, 0.2) is 50.7 Å². The molecule has 0 saturated carbocycles. The number of aromatic amines is 2. The van der Waals surface area contributed by atoms with Gasteiger partial charge in [-0.2, -0.15) is 0 Å². The molecule has 0 atom stereocenters. The van der Waals surface area contributed by atoms with Crippen LogP contribution < -0.4 is 16.5 Å². The number of H-pyrrole nitrogens is 2. The van der Waals surface area contributed by atoms with Crippen molar-refractivity contribution in [3.05, 3.63) is 63.0 Å². The molecule has 0 unspecified atom stereocenters. The number of aromatic nitrogens is 2. The summed E-state index contributed by atoms with van der Waals surface area (Å²) in [5, 5.41) is 2.58. The van der Waals surface area contributed by atoms with E-state index in [4.69, 9.17) is 4.42 Å². The molecule has 0 aliphatic rings. The Morgan fingerprint density at radius 1 is 1.20 bits per heavy atom. The number of anilines is 1. The summed E-state index contributed by atoms with van der Waals surface area (Å²) in [5.41, 5.74) is 0.940. The third-order valence-corrected chi connectivity index (χ3v) is 2.75. The number of fused-ring (bicyclic) bond motifs is 1. The summed E-state index contributed by atoms with van der Waals surface area (Å²) >= 11 is 0. The summed E-state index contributed by atoms with van der Waals surface area (Å²) in [5.74, 6) is -1.10. The number of nitrogens with one attached hydrogen (secondary N) is 3. The fourth-order valence-corrected chi connectivity index (χ4v) is 1.82. The van der Waals surface area contributed by atoms with Gasteiger partial charge in [-0.25, -0.2) is 4.79 Å². The van der Waals surface area contributed by atoms with Crippen molar-refractivity contribution in [3.8, 4) is 0 Å². The first-order valence-electron chi connectivity index (χ1n) is 5.75. The van der Waals surface area contributed by atoms with E-state index in [9.17, 15) is 14.4 Å². The average molecular weight is 271 g/mol. The molecular weight excluding hydrogens is 262 g/mol. The molecule has 0 aliphatic heterocycles. The lowest BCUT2D eigenvalue weighted by Gasteiger charge is -2.04. The first-order valence-corrected chi connectivity index (χ1v) is 5.75. The van der Waals surface area contributed by atoms with Crippen LogP contribution in [-0.2, 0) is 0 Å². The molecule has 0 fully saturated rings. The van der Waals surface area contributed by atoms with Crippen LogP contribution in [0.5, 0.6) is 0 Å². The number of hydrogen-bond donors (Lipinski definition) is 3. The monoisotopic (exact) mass is 271 g/mol. The normalized spacial score (nSPS) is 10.6. The Morgan fingerprint density at radius 3 is 2.85 bits per heavy atom. The van der Waals surface area contributed by atoms with Gasteiger partial charge >= 0.3 is 5.76 Å². The highest BCUT2D eigenvalue weighted by atomic mass is 16.4. The van der Waals surface area contributed by atoms with Gasteiger partial charge in [-0.05, 0) is 18.2 Å². The van der Waals surface area contributed by atoms with Crippen molar-refractivity contribution in [2.24, 2.45) is 0 Å². The van der Waals surface area contributed by atoms with Crippen LogP contribution in [0.1, 0.15) is 10.4 Å². The van der Waals surface area contributed by atoms with E-state index in [2.05, 4.69) is 15.3 Å². The largest absolute Gasteiger partial charge is 0.417 e. The first kappa shape index (κ1) is 12.0. The zero-order valence-electron chi connectivity index (χ0n) is 10.1. The predicted octanol–water partition coefficient (Wildman–Crippen LogP) is 1.06. The van der Waals surface area contributed by atoms with Gasteiger partial charge in [0, 0.05) is 24.1 Å². The second kappa shape index (κ2) is 4.54. The number of rotatable bonds is 2. The van der Waals surface area contributed by atoms with E-state index < -0.39 is 11.7 Å². The Bertz CT molecular complexity index is 903. The number of amides is 1. The number of carbonyl (C=O) groups is 1. The van der Waals surface area contributed by atoms with E-state index in [0.29, 0.717) is 16.8 Å². The lowest BCUT2D eigenvalue weighted by Crippen LogP contribution is -2.20. The molecule has 0 spiro atoms. The Hall–Kier alpha value is -3.09. The van der Waals surface area contributed by atoms with Crippen LogP contribution in [0.4, 0.5) is 5.69 Å². The van der Waals surface area contributed by atoms with Crippen LogP contribution >= 0.6 is 0 Å². The van der Waals surface area contributed by atoms with E-state index in [1.54, 1.807) is 18.2 Å². The maximum atomic E-state index is 11.9. The Labute approximate surface area is 111 Å². The van der Waals surface area contributed by atoms with Gasteiger partial charge in [-0.1, -0.05) is 0 Å². The SMILES string of the molecule is O=C(Nc1ccc2oc(=O)[nH]c2c1)c1c[nH]ccc1=O. The molecular formula is C13H9N3O4. The molecule has 2 heterocycles. The number of oxazole rings is 1. The summed E-state index contributed by atoms with van der Waals surface area (Å²) in [4.78, 5) is 39.7. The minimum atomic E-state index is -0.567. The third kappa shape index (κ3) is 2.12. The topological polar surface area (TPSA) is 108 Å². The Kier molecular flexibility index (Phi) is 2.72. The second-order valence-electron chi connectivity index (χ2n) is 4.10. The van der Waals surface area contributed by atoms with E-state index in [1.807, 2.05) is 0 Å². The molecule has 0 saturated heterocycles. The average Bonchev–Trinajstić information content (AvgIpc) is 2.78. The van der Waals surface area contributed by atoms with Gasteiger partial charge in [0.1, 0.15) is 5.56 Å². The molecule has 0 bridgehead atoms. The molecule has 7 heteroatoms. The molecule has 0 radical (unpaired) electrons. The van der Waals surface area contributed by atoms with Crippen LogP contribution in [0.25, 0.3) is 11.1 Å². The molecule has 3 rings (SSSR count). The molecule has 0 aliphatic carbocycles. The highest BCUT2D eigenvalue weighted by Crippen LogP contribution is 2.16.